The highest BCUT2D eigenvalue weighted by Gasteiger charge is 1.99. The molecule has 0 aliphatic heterocycles. The largest absolute Gasteiger partial charge is 0.380 e. The molecule has 1 aromatic heterocycles. The third-order valence-electron chi connectivity index (χ3n) is 2.39. The number of anilines is 2. The minimum absolute atomic E-state index is 0.555. The fourth-order valence-electron chi connectivity index (χ4n) is 1.62. The number of urea groups is 1. The Bertz CT molecular complexity index is 551. The van der Waals surface area contributed by atoms with Crippen LogP contribution in [0.15, 0.2) is 36.4 Å². The van der Waals surface area contributed by atoms with Gasteiger partial charge in [-0.2, -0.15) is 0 Å². The Morgan fingerprint density at radius 3 is 2.72 bits per heavy atom. The van der Waals surface area contributed by atoms with Crippen LogP contribution in [0.1, 0.15) is 9.75 Å². The van der Waals surface area contributed by atoms with Crippen molar-refractivity contribution in [3.63, 3.8) is 0 Å². The van der Waals surface area contributed by atoms with Gasteiger partial charge in [-0.25, -0.2) is 4.79 Å². The van der Waals surface area contributed by atoms with Crippen LogP contribution in [0.25, 0.3) is 0 Å². The summed E-state index contributed by atoms with van der Waals surface area (Å²) in [5.41, 5.74) is 6.71. The van der Waals surface area contributed by atoms with E-state index in [4.69, 9.17) is 5.73 Å². The van der Waals surface area contributed by atoms with E-state index in [0.29, 0.717) is 5.69 Å². The second-order valence-electron chi connectivity index (χ2n) is 3.94. The predicted molar refractivity (Wildman–Crippen MR) is 76.0 cm³/mol. The summed E-state index contributed by atoms with van der Waals surface area (Å²) in [5, 5.41) is 5.86. The number of primary amides is 1. The van der Waals surface area contributed by atoms with Crippen molar-refractivity contribution in [3.05, 3.63) is 46.2 Å². The number of carbonyl (C=O) groups excluding carboxylic acids is 1. The van der Waals surface area contributed by atoms with E-state index in [1.54, 1.807) is 17.4 Å². The Kier molecular flexibility index (Phi) is 3.84. The summed E-state index contributed by atoms with van der Waals surface area (Å²) in [6.45, 7) is 2.87. The van der Waals surface area contributed by atoms with Gasteiger partial charge < -0.3 is 16.4 Å². The minimum Gasteiger partial charge on any atom is -0.380 e. The SMILES string of the molecule is Cc1ccc(CNc2cccc(NC(N)=O)c2)s1. The molecule has 0 bridgehead atoms. The maximum absolute atomic E-state index is 10.8. The van der Waals surface area contributed by atoms with Crippen LogP contribution < -0.4 is 16.4 Å². The number of hydrogen-bond donors (Lipinski definition) is 3. The number of amides is 2. The molecule has 0 radical (unpaired) electrons. The Balaban J connectivity index is 1.98. The Labute approximate surface area is 110 Å². The van der Waals surface area contributed by atoms with E-state index < -0.39 is 6.03 Å². The average Bonchev–Trinajstić information content (AvgIpc) is 2.72. The number of hydrogen-bond acceptors (Lipinski definition) is 3. The first-order valence-corrected chi connectivity index (χ1v) is 6.41. The molecule has 18 heavy (non-hydrogen) atoms. The van der Waals surface area contributed by atoms with Crippen LogP contribution in [0, 0.1) is 6.92 Å². The molecule has 0 unspecified atom stereocenters. The van der Waals surface area contributed by atoms with E-state index in [1.165, 1.54) is 9.75 Å². The van der Waals surface area contributed by atoms with Gasteiger partial charge in [0.05, 0.1) is 0 Å². The molecule has 1 heterocycles. The number of aryl methyl sites for hydroxylation is 1. The first-order valence-electron chi connectivity index (χ1n) is 5.59. The van der Waals surface area contributed by atoms with E-state index in [-0.39, 0.29) is 0 Å². The molecule has 0 aliphatic carbocycles. The highest BCUT2D eigenvalue weighted by atomic mass is 32.1. The van der Waals surface area contributed by atoms with Crippen LogP contribution in [0.3, 0.4) is 0 Å². The molecule has 1 aromatic carbocycles. The van der Waals surface area contributed by atoms with Crippen LogP contribution in [-0.4, -0.2) is 6.03 Å². The van der Waals surface area contributed by atoms with Gasteiger partial charge in [0, 0.05) is 27.7 Å². The molecule has 2 rings (SSSR count). The van der Waals surface area contributed by atoms with Crippen molar-refractivity contribution in [2.24, 2.45) is 5.73 Å². The van der Waals surface area contributed by atoms with Crippen molar-refractivity contribution in [1.82, 2.24) is 0 Å². The summed E-state index contributed by atoms with van der Waals surface area (Å²) >= 11 is 1.77. The molecule has 94 valence electrons. The fourth-order valence-corrected chi connectivity index (χ4v) is 2.45. The molecule has 2 aromatic rings. The minimum atomic E-state index is -0.555. The van der Waals surface area contributed by atoms with Crippen LogP contribution >= 0.6 is 11.3 Å². The van der Waals surface area contributed by atoms with Crippen molar-refractivity contribution >= 4 is 28.7 Å². The molecule has 5 heteroatoms. The normalized spacial score (nSPS) is 10.1. The van der Waals surface area contributed by atoms with E-state index >= 15 is 0 Å². The third-order valence-corrected chi connectivity index (χ3v) is 3.39. The number of thiophene rings is 1. The highest BCUT2D eigenvalue weighted by Crippen LogP contribution is 2.19. The lowest BCUT2D eigenvalue weighted by Crippen LogP contribution is -2.19. The van der Waals surface area contributed by atoms with Crippen molar-refractivity contribution < 1.29 is 4.79 Å². The highest BCUT2D eigenvalue weighted by molar-refractivity contribution is 7.11. The van der Waals surface area contributed by atoms with E-state index in [2.05, 4.69) is 29.7 Å². The number of nitrogens with one attached hydrogen (secondary N) is 2. The van der Waals surface area contributed by atoms with Gasteiger partial charge in [-0.05, 0) is 37.3 Å². The van der Waals surface area contributed by atoms with Gasteiger partial charge in [-0.15, -0.1) is 11.3 Å². The average molecular weight is 261 g/mol. The maximum Gasteiger partial charge on any atom is 0.316 e. The van der Waals surface area contributed by atoms with Crippen LogP contribution in [0.2, 0.25) is 0 Å². The second kappa shape index (κ2) is 5.55. The molecular weight excluding hydrogens is 246 g/mol. The van der Waals surface area contributed by atoms with Gasteiger partial charge in [-0.1, -0.05) is 6.07 Å². The molecule has 2 amide bonds. The Morgan fingerprint density at radius 2 is 2.06 bits per heavy atom. The standard InChI is InChI=1S/C13H15N3OS/c1-9-5-6-12(18-9)8-15-10-3-2-4-11(7-10)16-13(14)17/h2-7,15H,8H2,1H3,(H3,14,16,17). The molecule has 4 nitrogen and oxygen atoms in total. The van der Waals surface area contributed by atoms with E-state index in [0.717, 1.165) is 12.2 Å². The lowest BCUT2D eigenvalue weighted by atomic mass is 10.2. The van der Waals surface area contributed by atoms with Crippen molar-refractivity contribution in [3.8, 4) is 0 Å². The summed E-state index contributed by atoms with van der Waals surface area (Å²) < 4.78 is 0. The van der Waals surface area contributed by atoms with Gasteiger partial charge in [-0.3, -0.25) is 0 Å². The van der Waals surface area contributed by atoms with Gasteiger partial charge in [0.2, 0.25) is 0 Å². The smallest absolute Gasteiger partial charge is 0.316 e. The van der Waals surface area contributed by atoms with Crippen molar-refractivity contribution in [2.75, 3.05) is 10.6 Å². The molecule has 0 atom stereocenters. The van der Waals surface area contributed by atoms with Crippen molar-refractivity contribution in [1.29, 1.82) is 0 Å². The van der Waals surface area contributed by atoms with E-state index in [9.17, 15) is 4.79 Å². The zero-order valence-corrected chi connectivity index (χ0v) is 10.9. The fraction of sp³-hybridized carbons (Fsp3) is 0.154. The van der Waals surface area contributed by atoms with Crippen LogP contribution in [0.4, 0.5) is 16.2 Å². The number of nitrogens with two attached hydrogens (primary N) is 1. The molecule has 0 saturated carbocycles. The maximum atomic E-state index is 10.8. The number of benzene rings is 1. The van der Waals surface area contributed by atoms with Gasteiger partial charge in [0.15, 0.2) is 0 Å². The molecular formula is C13H15N3OS. The summed E-state index contributed by atoms with van der Waals surface area (Å²) in [6, 6.07) is 11.1. The zero-order chi connectivity index (χ0) is 13.0. The molecule has 0 spiro atoms. The molecule has 0 saturated heterocycles. The first kappa shape index (κ1) is 12.4. The first-order chi connectivity index (χ1) is 8.63. The molecule has 0 aliphatic rings. The topological polar surface area (TPSA) is 67.2 Å². The quantitative estimate of drug-likeness (QED) is 0.791. The van der Waals surface area contributed by atoms with Gasteiger partial charge in [0.25, 0.3) is 0 Å². The summed E-state index contributed by atoms with van der Waals surface area (Å²) in [5.74, 6) is 0. The number of carbonyl (C=O) groups is 1. The number of rotatable bonds is 4. The lowest BCUT2D eigenvalue weighted by Gasteiger charge is -2.07. The third kappa shape index (κ3) is 3.49. The summed E-state index contributed by atoms with van der Waals surface area (Å²) in [4.78, 5) is 13.3. The summed E-state index contributed by atoms with van der Waals surface area (Å²) in [6.07, 6.45) is 0. The monoisotopic (exact) mass is 261 g/mol. The molecule has 0 fully saturated rings. The van der Waals surface area contributed by atoms with Crippen LogP contribution in [-0.2, 0) is 6.54 Å². The van der Waals surface area contributed by atoms with Gasteiger partial charge >= 0.3 is 6.03 Å². The lowest BCUT2D eigenvalue weighted by molar-refractivity contribution is 0.259. The second-order valence-corrected chi connectivity index (χ2v) is 5.31. The zero-order valence-electron chi connectivity index (χ0n) is 10.1. The Morgan fingerprint density at radius 1 is 1.28 bits per heavy atom. The van der Waals surface area contributed by atoms with Crippen LogP contribution in [0.5, 0.6) is 0 Å². The van der Waals surface area contributed by atoms with Gasteiger partial charge in [0.1, 0.15) is 0 Å². The summed E-state index contributed by atoms with van der Waals surface area (Å²) in [7, 11) is 0. The van der Waals surface area contributed by atoms with E-state index in [1.807, 2.05) is 18.2 Å². The predicted octanol–water partition coefficient (Wildman–Crippen LogP) is 3.16. The molecule has 4 N–H and O–H groups in total. The Hall–Kier alpha value is -2.01. The van der Waals surface area contributed by atoms with Crippen molar-refractivity contribution in [2.45, 2.75) is 13.5 Å².